The van der Waals surface area contributed by atoms with Crippen molar-refractivity contribution in [1.82, 2.24) is 15.5 Å². The minimum Gasteiger partial charge on any atom is -0.321 e. The maximum Gasteiger partial charge on any atom is 0.276 e. The van der Waals surface area contributed by atoms with Crippen molar-refractivity contribution in [2.45, 2.75) is 26.3 Å². The van der Waals surface area contributed by atoms with Crippen LogP contribution in [0, 0.1) is 0 Å². The highest BCUT2D eigenvalue weighted by molar-refractivity contribution is 7.92. The lowest BCUT2D eigenvalue weighted by Gasteiger charge is -2.13. The van der Waals surface area contributed by atoms with E-state index in [1.165, 1.54) is 0 Å². The van der Waals surface area contributed by atoms with Gasteiger partial charge >= 0.3 is 0 Å². The Bertz CT molecular complexity index is 865. The van der Waals surface area contributed by atoms with Gasteiger partial charge in [0, 0.05) is 42.1 Å². The number of aromatic amines is 1. The van der Waals surface area contributed by atoms with E-state index >= 15 is 0 Å². The quantitative estimate of drug-likeness (QED) is 0.591. The summed E-state index contributed by atoms with van der Waals surface area (Å²) in [5.41, 5.74) is 3.31. The first-order valence-electron chi connectivity index (χ1n) is 8.17. The van der Waals surface area contributed by atoms with Crippen LogP contribution in [0.2, 0.25) is 0 Å². The van der Waals surface area contributed by atoms with Crippen molar-refractivity contribution in [2.24, 2.45) is 0 Å². The highest BCUT2D eigenvalue weighted by Gasteiger charge is 2.21. The number of hydrogen-bond acceptors (Lipinski definition) is 5. The van der Waals surface area contributed by atoms with E-state index in [0.29, 0.717) is 30.0 Å². The Balaban J connectivity index is 0.00000243. The number of nitrogens with zero attached hydrogens (tertiary/aromatic N) is 1. The lowest BCUT2D eigenvalue weighted by atomic mass is 10.1. The number of benzene rings is 1. The molecule has 1 aliphatic heterocycles. The number of hydrogen-bond donors (Lipinski definition) is 4. The van der Waals surface area contributed by atoms with Crippen LogP contribution in [-0.4, -0.2) is 36.8 Å². The second kappa shape index (κ2) is 8.52. The number of fused-ring (bicyclic) bond motifs is 1. The van der Waals surface area contributed by atoms with Gasteiger partial charge in [0.1, 0.15) is 0 Å². The molecule has 2 heterocycles. The summed E-state index contributed by atoms with van der Waals surface area (Å²) in [6, 6.07) is 6.53. The molecule has 0 unspecified atom stereocenters. The molecule has 0 fully saturated rings. The van der Waals surface area contributed by atoms with Crippen LogP contribution in [0.5, 0.6) is 0 Å². The molecule has 2 aromatic rings. The molecule has 0 saturated heterocycles. The Hall–Kier alpha value is -2.10. The number of aromatic nitrogens is 2. The number of sulfonamides is 1. The summed E-state index contributed by atoms with van der Waals surface area (Å²) in [5, 5.41) is 13.0. The molecule has 1 aromatic carbocycles. The van der Waals surface area contributed by atoms with Crippen LogP contribution in [0.25, 0.3) is 0 Å². The number of halogens is 1. The first-order chi connectivity index (χ1) is 12.0. The largest absolute Gasteiger partial charge is 0.321 e. The smallest absolute Gasteiger partial charge is 0.276 e. The summed E-state index contributed by atoms with van der Waals surface area (Å²) in [6.45, 7) is 3.29. The molecule has 1 amide bonds. The van der Waals surface area contributed by atoms with Crippen LogP contribution in [-0.2, 0) is 23.0 Å². The third-order valence-corrected chi connectivity index (χ3v) is 5.40. The molecule has 0 aliphatic carbocycles. The molecule has 0 radical (unpaired) electrons. The van der Waals surface area contributed by atoms with E-state index in [1.807, 2.05) is 0 Å². The van der Waals surface area contributed by atoms with E-state index in [-0.39, 0.29) is 24.1 Å². The van der Waals surface area contributed by atoms with Crippen LogP contribution in [0.4, 0.5) is 11.4 Å². The standard InChI is InChI=1S/C16H21N5O3S.ClH/c1-2-9-25(23,24)21-12-5-3-11(4-6-12)18-16(22)15-13-10-17-8-7-14(13)19-20-15;/h3-6,17,21H,2,7-10H2,1H3,(H,18,22)(H,19,20);1H. The van der Waals surface area contributed by atoms with Crippen molar-refractivity contribution in [3.8, 4) is 0 Å². The molecule has 8 nitrogen and oxygen atoms in total. The molecule has 142 valence electrons. The first kappa shape index (κ1) is 20.2. The highest BCUT2D eigenvalue weighted by Crippen LogP contribution is 2.19. The molecule has 1 aromatic heterocycles. The Morgan fingerprint density at radius 3 is 2.62 bits per heavy atom. The predicted molar refractivity (Wildman–Crippen MR) is 103 cm³/mol. The molecule has 0 atom stereocenters. The monoisotopic (exact) mass is 399 g/mol. The summed E-state index contributed by atoms with van der Waals surface area (Å²) in [6.07, 6.45) is 1.37. The van der Waals surface area contributed by atoms with Gasteiger partial charge in [-0.3, -0.25) is 14.6 Å². The molecule has 10 heteroatoms. The van der Waals surface area contributed by atoms with Crippen molar-refractivity contribution in [1.29, 1.82) is 0 Å². The van der Waals surface area contributed by atoms with Gasteiger partial charge in [-0.05, 0) is 30.7 Å². The lowest BCUT2D eigenvalue weighted by molar-refractivity contribution is 0.102. The van der Waals surface area contributed by atoms with Crippen LogP contribution in [0.15, 0.2) is 24.3 Å². The number of nitrogens with one attached hydrogen (secondary N) is 4. The van der Waals surface area contributed by atoms with Crippen molar-refractivity contribution in [3.63, 3.8) is 0 Å². The Morgan fingerprint density at radius 1 is 1.23 bits per heavy atom. The maximum atomic E-state index is 12.4. The number of carbonyl (C=O) groups is 1. The fraction of sp³-hybridized carbons (Fsp3) is 0.375. The van der Waals surface area contributed by atoms with Crippen LogP contribution in [0.3, 0.4) is 0 Å². The molecule has 26 heavy (non-hydrogen) atoms. The summed E-state index contributed by atoms with van der Waals surface area (Å²) in [4.78, 5) is 12.4. The zero-order valence-corrected chi connectivity index (χ0v) is 16.0. The number of amides is 1. The van der Waals surface area contributed by atoms with Crippen molar-refractivity contribution < 1.29 is 13.2 Å². The summed E-state index contributed by atoms with van der Waals surface area (Å²) in [7, 11) is -3.32. The fourth-order valence-electron chi connectivity index (χ4n) is 2.72. The summed E-state index contributed by atoms with van der Waals surface area (Å²) in [5.74, 6) is -0.218. The van der Waals surface area contributed by atoms with E-state index in [0.717, 1.165) is 24.2 Å². The Labute approximate surface area is 158 Å². The Morgan fingerprint density at radius 2 is 1.92 bits per heavy atom. The van der Waals surface area contributed by atoms with Gasteiger partial charge in [-0.25, -0.2) is 8.42 Å². The number of carbonyl (C=O) groups excluding carboxylic acids is 1. The van der Waals surface area contributed by atoms with E-state index in [9.17, 15) is 13.2 Å². The van der Waals surface area contributed by atoms with Gasteiger partial charge in [0.05, 0.1) is 5.75 Å². The number of H-pyrrole nitrogens is 1. The van der Waals surface area contributed by atoms with Crippen LogP contribution in [0.1, 0.15) is 35.1 Å². The van der Waals surface area contributed by atoms with Crippen molar-refractivity contribution >= 4 is 39.7 Å². The average molecular weight is 400 g/mol. The second-order valence-electron chi connectivity index (χ2n) is 5.91. The zero-order chi connectivity index (χ0) is 17.9. The van der Waals surface area contributed by atoms with E-state index in [2.05, 4.69) is 25.6 Å². The first-order valence-corrected chi connectivity index (χ1v) is 9.82. The summed E-state index contributed by atoms with van der Waals surface area (Å²) < 4.78 is 26.0. The molecular formula is C16H22ClN5O3S. The van der Waals surface area contributed by atoms with E-state index in [1.54, 1.807) is 31.2 Å². The molecular weight excluding hydrogens is 378 g/mol. The van der Waals surface area contributed by atoms with Gasteiger partial charge in [0.2, 0.25) is 10.0 Å². The third kappa shape index (κ3) is 4.75. The molecule has 0 spiro atoms. The minimum absolute atomic E-state index is 0. The van der Waals surface area contributed by atoms with E-state index < -0.39 is 10.0 Å². The van der Waals surface area contributed by atoms with Crippen LogP contribution < -0.4 is 15.4 Å². The third-order valence-electron chi connectivity index (χ3n) is 3.91. The number of rotatable bonds is 6. The fourth-order valence-corrected chi connectivity index (χ4v) is 3.86. The SMILES string of the molecule is CCCS(=O)(=O)Nc1ccc(NC(=O)c2n[nH]c3c2CNCC3)cc1.Cl. The number of anilines is 2. The molecule has 0 saturated carbocycles. The normalized spacial score (nSPS) is 13.4. The van der Waals surface area contributed by atoms with Gasteiger partial charge < -0.3 is 10.6 Å². The molecule has 1 aliphatic rings. The predicted octanol–water partition coefficient (Wildman–Crippen LogP) is 1.88. The highest BCUT2D eigenvalue weighted by atomic mass is 35.5. The second-order valence-corrected chi connectivity index (χ2v) is 7.75. The average Bonchev–Trinajstić information content (AvgIpc) is 3.00. The maximum absolute atomic E-state index is 12.4. The summed E-state index contributed by atoms with van der Waals surface area (Å²) >= 11 is 0. The molecule has 4 N–H and O–H groups in total. The topological polar surface area (TPSA) is 116 Å². The Kier molecular flexibility index (Phi) is 6.63. The van der Waals surface area contributed by atoms with Gasteiger partial charge in [-0.2, -0.15) is 5.10 Å². The van der Waals surface area contributed by atoms with E-state index in [4.69, 9.17) is 0 Å². The molecule has 3 rings (SSSR count). The lowest BCUT2D eigenvalue weighted by Crippen LogP contribution is -2.25. The van der Waals surface area contributed by atoms with Crippen molar-refractivity contribution in [2.75, 3.05) is 22.3 Å². The van der Waals surface area contributed by atoms with Gasteiger partial charge in [0.25, 0.3) is 5.91 Å². The minimum atomic E-state index is -3.32. The van der Waals surface area contributed by atoms with Gasteiger partial charge in [-0.15, -0.1) is 12.4 Å². The van der Waals surface area contributed by atoms with Gasteiger partial charge in [0.15, 0.2) is 5.69 Å². The van der Waals surface area contributed by atoms with Gasteiger partial charge in [-0.1, -0.05) is 6.92 Å². The van der Waals surface area contributed by atoms with Crippen LogP contribution >= 0.6 is 12.4 Å². The zero-order valence-electron chi connectivity index (χ0n) is 14.3. The molecule has 0 bridgehead atoms. The van der Waals surface area contributed by atoms with Crippen molar-refractivity contribution in [3.05, 3.63) is 41.2 Å².